The fourth-order valence-electron chi connectivity index (χ4n) is 2.05. The topological polar surface area (TPSA) is 34.1 Å². The Kier molecular flexibility index (Phi) is 5.56. The summed E-state index contributed by atoms with van der Waals surface area (Å²) in [5.74, 6) is 0.916. The molecule has 0 fully saturated rings. The number of benzene rings is 1. The average molecular weight is 290 g/mol. The lowest BCUT2D eigenvalue weighted by Gasteiger charge is -2.13. The number of hydrogen-bond acceptors (Lipinski definition) is 4. The predicted octanol–water partition coefficient (Wildman–Crippen LogP) is 3.57. The van der Waals surface area contributed by atoms with E-state index in [-0.39, 0.29) is 0 Å². The van der Waals surface area contributed by atoms with E-state index in [9.17, 15) is 0 Å². The normalized spacial score (nSPS) is 12.3. The summed E-state index contributed by atoms with van der Waals surface area (Å²) in [6.07, 6.45) is 2.20. The largest absolute Gasteiger partial charge is 0.497 e. The molecule has 0 spiro atoms. The molecule has 0 radical (unpaired) electrons. The van der Waals surface area contributed by atoms with Crippen molar-refractivity contribution in [3.05, 3.63) is 45.9 Å². The van der Waals surface area contributed by atoms with Crippen LogP contribution in [-0.4, -0.2) is 18.1 Å². The molecule has 108 valence electrons. The van der Waals surface area contributed by atoms with E-state index in [4.69, 9.17) is 4.74 Å². The molecule has 1 N–H and O–H groups in total. The molecule has 0 saturated heterocycles. The van der Waals surface area contributed by atoms with Gasteiger partial charge >= 0.3 is 0 Å². The number of thiazole rings is 1. The van der Waals surface area contributed by atoms with Gasteiger partial charge in [0.25, 0.3) is 0 Å². The first-order chi connectivity index (χ1) is 9.67. The maximum Gasteiger partial charge on any atom is 0.118 e. The van der Waals surface area contributed by atoms with Gasteiger partial charge in [0.1, 0.15) is 5.75 Å². The minimum absolute atomic E-state index is 0.485. The Hall–Kier alpha value is -1.39. The monoisotopic (exact) mass is 290 g/mol. The van der Waals surface area contributed by atoms with E-state index in [2.05, 4.69) is 34.7 Å². The molecule has 3 nitrogen and oxygen atoms in total. The van der Waals surface area contributed by atoms with Gasteiger partial charge in [-0.05, 0) is 44.4 Å². The second-order valence-electron chi connectivity index (χ2n) is 5.03. The molecule has 0 aliphatic heterocycles. The van der Waals surface area contributed by atoms with Crippen molar-refractivity contribution in [3.8, 4) is 5.75 Å². The van der Waals surface area contributed by atoms with Crippen LogP contribution in [0.3, 0.4) is 0 Å². The van der Waals surface area contributed by atoms with Crippen molar-refractivity contribution in [2.24, 2.45) is 0 Å². The summed E-state index contributed by atoms with van der Waals surface area (Å²) in [6, 6.07) is 8.79. The van der Waals surface area contributed by atoms with Gasteiger partial charge in [0.05, 0.1) is 17.8 Å². The van der Waals surface area contributed by atoms with Gasteiger partial charge in [-0.1, -0.05) is 12.1 Å². The molecule has 0 amide bonds. The Labute approximate surface area is 125 Å². The molecule has 1 heterocycles. The molecule has 1 atom stereocenters. The Balaban J connectivity index is 1.72. The number of ether oxygens (including phenoxy) is 1. The predicted molar refractivity (Wildman–Crippen MR) is 84.5 cm³/mol. The summed E-state index contributed by atoms with van der Waals surface area (Å²) in [6.45, 7) is 5.12. The van der Waals surface area contributed by atoms with Crippen molar-refractivity contribution in [1.29, 1.82) is 0 Å². The molecule has 0 bridgehead atoms. The zero-order chi connectivity index (χ0) is 14.4. The molecular formula is C16H22N2OS. The van der Waals surface area contributed by atoms with Gasteiger partial charge in [0, 0.05) is 18.0 Å². The quantitative estimate of drug-likeness (QED) is 0.846. The van der Waals surface area contributed by atoms with Crippen molar-refractivity contribution in [1.82, 2.24) is 10.3 Å². The summed E-state index contributed by atoms with van der Waals surface area (Å²) in [4.78, 5) is 4.46. The van der Waals surface area contributed by atoms with Gasteiger partial charge in [0.15, 0.2) is 0 Å². The van der Waals surface area contributed by atoms with Crippen LogP contribution in [0, 0.1) is 6.92 Å². The van der Waals surface area contributed by atoms with Crippen molar-refractivity contribution in [2.45, 2.75) is 39.3 Å². The number of hydrogen-bond donors (Lipinski definition) is 1. The van der Waals surface area contributed by atoms with Crippen LogP contribution in [0.5, 0.6) is 5.75 Å². The third-order valence-corrected chi connectivity index (χ3v) is 4.15. The fraction of sp³-hybridized carbons (Fsp3) is 0.438. The summed E-state index contributed by atoms with van der Waals surface area (Å²) in [7, 11) is 1.70. The summed E-state index contributed by atoms with van der Waals surface area (Å²) in [5, 5.41) is 6.78. The lowest BCUT2D eigenvalue weighted by molar-refractivity contribution is 0.414. The number of rotatable bonds is 7. The smallest absolute Gasteiger partial charge is 0.118 e. The van der Waals surface area contributed by atoms with Gasteiger partial charge in [-0.2, -0.15) is 0 Å². The fourth-order valence-corrected chi connectivity index (χ4v) is 2.66. The van der Waals surface area contributed by atoms with E-state index in [1.165, 1.54) is 5.56 Å². The van der Waals surface area contributed by atoms with Gasteiger partial charge in [-0.25, -0.2) is 4.98 Å². The lowest BCUT2D eigenvalue weighted by Crippen LogP contribution is -2.26. The molecule has 20 heavy (non-hydrogen) atoms. The first-order valence-electron chi connectivity index (χ1n) is 6.94. The number of nitrogens with zero attached hydrogens (tertiary/aromatic N) is 1. The van der Waals surface area contributed by atoms with E-state index >= 15 is 0 Å². The zero-order valence-electron chi connectivity index (χ0n) is 12.3. The molecule has 2 rings (SSSR count). The Morgan fingerprint density at radius 2 is 2.05 bits per heavy atom. The highest BCUT2D eigenvalue weighted by Gasteiger charge is 2.04. The number of methoxy groups -OCH3 is 1. The van der Waals surface area contributed by atoms with Crippen LogP contribution in [-0.2, 0) is 13.0 Å². The van der Waals surface area contributed by atoms with Gasteiger partial charge in [-0.3, -0.25) is 0 Å². The minimum atomic E-state index is 0.485. The van der Waals surface area contributed by atoms with Crippen LogP contribution >= 0.6 is 11.3 Å². The molecule has 0 aliphatic carbocycles. The number of nitrogens with one attached hydrogen (secondary N) is 1. The van der Waals surface area contributed by atoms with Crippen molar-refractivity contribution in [3.63, 3.8) is 0 Å². The maximum atomic E-state index is 5.17. The first kappa shape index (κ1) is 15.0. The highest BCUT2D eigenvalue weighted by atomic mass is 32.1. The van der Waals surface area contributed by atoms with E-state index in [0.29, 0.717) is 6.04 Å². The van der Waals surface area contributed by atoms with Crippen molar-refractivity contribution in [2.75, 3.05) is 7.11 Å². The SMILES string of the molecule is COc1ccc(CCC(C)NCc2csc(C)n2)cc1. The van der Waals surface area contributed by atoms with E-state index < -0.39 is 0 Å². The second kappa shape index (κ2) is 7.41. The molecule has 0 saturated carbocycles. The van der Waals surface area contributed by atoms with Crippen molar-refractivity contribution >= 4 is 11.3 Å². The average Bonchev–Trinajstić information content (AvgIpc) is 2.89. The molecule has 1 aromatic heterocycles. The van der Waals surface area contributed by atoms with Crippen LogP contribution < -0.4 is 10.1 Å². The van der Waals surface area contributed by atoms with E-state index in [1.807, 2.05) is 19.1 Å². The lowest BCUT2D eigenvalue weighted by atomic mass is 10.1. The van der Waals surface area contributed by atoms with E-state index in [0.717, 1.165) is 35.8 Å². The van der Waals surface area contributed by atoms with Gasteiger partial charge in [0.2, 0.25) is 0 Å². The van der Waals surface area contributed by atoms with Gasteiger partial charge < -0.3 is 10.1 Å². The molecule has 2 aromatic rings. The van der Waals surface area contributed by atoms with Gasteiger partial charge in [-0.15, -0.1) is 11.3 Å². The molecular weight excluding hydrogens is 268 g/mol. The summed E-state index contributed by atoms with van der Waals surface area (Å²) < 4.78 is 5.17. The third-order valence-electron chi connectivity index (χ3n) is 3.32. The van der Waals surface area contributed by atoms with E-state index in [1.54, 1.807) is 18.4 Å². The molecule has 1 aromatic carbocycles. The molecule has 4 heteroatoms. The zero-order valence-corrected chi connectivity index (χ0v) is 13.2. The van der Waals surface area contributed by atoms with Crippen LogP contribution in [0.1, 0.15) is 29.6 Å². The van der Waals surface area contributed by atoms with Crippen LogP contribution in [0.2, 0.25) is 0 Å². The Morgan fingerprint density at radius 3 is 2.65 bits per heavy atom. The van der Waals surface area contributed by atoms with Crippen LogP contribution in [0.4, 0.5) is 0 Å². The summed E-state index contributed by atoms with van der Waals surface area (Å²) >= 11 is 1.71. The van der Waals surface area contributed by atoms with Crippen LogP contribution in [0.15, 0.2) is 29.6 Å². The maximum absolute atomic E-state index is 5.17. The molecule has 0 aliphatic rings. The minimum Gasteiger partial charge on any atom is -0.497 e. The highest BCUT2D eigenvalue weighted by Crippen LogP contribution is 2.13. The Morgan fingerprint density at radius 1 is 1.30 bits per heavy atom. The van der Waals surface area contributed by atoms with Crippen LogP contribution in [0.25, 0.3) is 0 Å². The first-order valence-corrected chi connectivity index (χ1v) is 7.82. The standard InChI is InChI=1S/C16H22N2OS/c1-12(17-10-15-11-20-13(2)18-15)4-5-14-6-8-16(19-3)9-7-14/h6-9,11-12,17H,4-5,10H2,1-3H3. The second-order valence-corrected chi connectivity index (χ2v) is 6.09. The number of aryl methyl sites for hydroxylation is 2. The molecule has 1 unspecified atom stereocenters. The third kappa shape index (κ3) is 4.62. The highest BCUT2D eigenvalue weighted by molar-refractivity contribution is 7.09. The summed E-state index contributed by atoms with van der Waals surface area (Å²) in [5.41, 5.74) is 2.49. The Bertz CT molecular complexity index is 522. The van der Waals surface area contributed by atoms with Crippen molar-refractivity contribution < 1.29 is 4.74 Å². The number of aromatic nitrogens is 1.